The summed E-state index contributed by atoms with van der Waals surface area (Å²) >= 11 is 0. The topological polar surface area (TPSA) is 71.1 Å². The van der Waals surface area contributed by atoms with Crippen LogP contribution in [0, 0.1) is 0 Å². The van der Waals surface area contributed by atoms with Crippen LogP contribution in [0.5, 0.6) is 17.2 Å². The standard InChI is InChI=1S/C27H34O6/c1-6-7-8-9-24(29)33-27(2,3)17-32-25-21(13-15-23(30-4)26(25)31-5)19-10-12-20-18(16-19)11-14-22(20)28/h10,12-13,15-16H,6-9,11,14,17H2,1-5H3. The predicted molar refractivity (Wildman–Crippen MR) is 127 cm³/mol. The number of Topliss-reactive ketones (excluding diaryl/α,β-unsaturated/α-hetero) is 1. The molecule has 0 fully saturated rings. The molecule has 0 saturated carbocycles. The zero-order chi connectivity index (χ0) is 24.0. The molecule has 0 bridgehead atoms. The first kappa shape index (κ1) is 24.6. The van der Waals surface area contributed by atoms with Crippen molar-refractivity contribution < 1.29 is 28.5 Å². The molecule has 0 heterocycles. The molecule has 2 aromatic rings. The summed E-state index contributed by atoms with van der Waals surface area (Å²) in [5, 5.41) is 0. The zero-order valence-electron chi connectivity index (χ0n) is 20.3. The van der Waals surface area contributed by atoms with Crippen LogP contribution in [-0.2, 0) is 16.0 Å². The van der Waals surface area contributed by atoms with Gasteiger partial charge < -0.3 is 18.9 Å². The van der Waals surface area contributed by atoms with Gasteiger partial charge in [-0.1, -0.05) is 38.0 Å². The van der Waals surface area contributed by atoms with Gasteiger partial charge in [0.1, 0.15) is 12.2 Å². The summed E-state index contributed by atoms with van der Waals surface area (Å²) in [6, 6.07) is 9.59. The molecule has 1 aliphatic rings. The van der Waals surface area contributed by atoms with Gasteiger partial charge in [-0.25, -0.2) is 0 Å². The second-order valence-corrected chi connectivity index (χ2v) is 8.95. The Morgan fingerprint density at radius 1 is 0.970 bits per heavy atom. The largest absolute Gasteiger partial charge is 0.493 e. The highest BCUT2D eigenvalue weighted by Crippen LogP contribution is 2.45. The van der Waals surface area contributed by atoms with Gasteiger partial charge in [-0.05, 0) is 49.9 Å². The zero-order valence-corrected chi connectivity index (χ0v) is 20.3. The third kappa shape index (κ3) is 5.86. The van der Waals surface area contributed by atoms with Crippen molar-refractivity contribution in [1.82, 2.24) is 0 Å². The summed E-state index contributed by atoms with van der Waals surface area (Å²) in [7, 11) is 3.14. The Kier molecular flexibility index (Phi) is 8.01. The lowest BCUT2D eigenvalue weighted by Gasteiger charge is -2.27. The molecule has 0 amide bonds. The van der Waals surface area contributed by atoms with Crippen LogP contribution in [-0.4, -0.2) is 38.2 Å². The minimum atomic E-state index is -0.820. The Morgan fingerprint density at radius 2 is 1.73 bits per heavy atom. The molecule has 0 spiro atoms. The molecule has 3 rings (SSSR count). The summed E-state index contributed by atoms with van der Waals surface area (Å²) in [4.78, 5) is 24.3. The van der Waals surface area contributed by atoms with Gasteiger partial charge in [0.05, 0.1) is 14.2 Å². The number of fused-ring (bicyclic) bond motifs is 1. The number of aryl methyl sites for hydroxylation is 1. The molecule has 0 saturated heterocycles. The van der Waals surface area contributed by atoms with Crippen molar-refractivity contribution in [2.24, 2.45) is 0 Å². The number of ether oxygens (including phenoxy) is 4. The van der Waals surface area contributed by atoms with E-state index in [4.69, 9.17) is 18.9 Å². The first-order chi connectivity index (χ1) is 15.8. The van der Waals surface area contributed by atoms with Gasteiger partial charge in [-0.2, -0.15) is 0 Å². The van der Waals surface area contributed by atoms with Crippen molar-refractivity contribution >= 4 is 11.8 Å². The van der Waals surface area contributed by atoms with Gasteiger partial charge in [0, 0.05) is 24.0 Å². The maximum absolute atomic E-state index is 12.2. The number of rotatable bonds is 11. The molecule has 0 unspecified atom stereocenters. The fourth-order valence-electron chi connectivity index (χ4n) is 4.05. The summed E-state index contributed by atoms with van der Waals surface area (Å²) in [6.45, 7) is 5.91. The minimum Gasteiger partial charge on any atom is -0.493 e. The van der Waals surface area contributed by atoms with Crippen molar-refractivity contribution in [1.29, 1.82) is 0 Å². The summed E-state index contributed by atoms with van der Waals surface area (Å²) in [5.74, 6) is 1.48. The van der Waals surface area contributed by atoms with Crippen LogP contribution < -0.4 is 14.2 Å². The third-order valence-electron chi connectivity index (χ3n) is 5.78. The molecule has 2 aromatic carbocycles. The van der Waals surface area contributed by atoms with E-state index in [9.17, 15) is 9.59 Å². The Labute approximate surface area is 196 Å². The summed E-state index contributed by atoms with van der Waals surface area (Å²) in [6.07, 6.45) is 4.57. The van der Waals surface area contributed by atoms with Crippen LogP contribution in [0.15, 0.2) is 30.3 Å². The SMILES string of the molecule is CCCCCC(=O)OC(C)(C)COc1c(-c2ccc3c(c2)CCC3=O)ccc(OC)c1OC. The van der Waals surface area contributed by atoms with Crippen molar-refractivity contribution in [2.75, 3.05) is 20.8 Å². The molecule has 0 radical (unpaired) electrons. The highest BCUT2D eigenvalue weighted by atomic mass is 16.6. The summed E-state index contributed by atoms with van der Waals surface area (Å²) < 4.78 is 23.0. The van der Waals surface area contributed by atoms with Crippen LogP contribution >= 0.6 is 0 Å². The van der Waals surface area contributed by atoms with Gasteiger partial charge >= 0.3 is 5.97 Å². The lowest BCUT2D eigenvalue weighted by molar-refractivity contribution is -0.159. The number of carbonyl (C=O) groups excluding carboxylic acids is 2. The quantitative estimate of drug-likeness (QED) is 0.317. The van der Waals surface area contributed by atoms with E-state index in [1.165, 1.54) is 0 Å². The average Bonchev–Trinajstić information content (AvgIpc) is 3.16. The minimum absolute atomic E-state index is 0.145. The number of hydrogen-bond acceptors (Lipinski definition) is 6. The number of esters is 1. The number of carbonyl (C=O) groups is 2. The normalized spacial score (nSPS) is 12.9. The first-order valence-electron chi connectivity index (χ1n) is 11.6. The van der Waals surface area contributed by atoms with Crippen molar-refractivity contribution in [3.63, 3.8) is 0 Å². The van der Waals surface area contributed by atoms with Gasteiger partial charge in [-0.3, -0.25) is 9.59 Å². The van der Waals surface area contributed by atoms with Crippen molar-refractivity contribution in [3.05, 3.63) is 41.5 Å². The number of benzene rings is 2. The van der Waals surface area contributed by atoms with E-state index in [0.29, 0.717) is 30.1 Å². The second kappa shape index (κ2) is 10.7. The van der Waals surface area contributed by atoms with Gasteiger partial charge in [-0.15, -0.1) is 0 Å². The van der Waals surface area contributed by atoms with E-state index >= 15 is 0 Å². The molecule has 0 aromatic heterocycles. The fourth-order valence-corrected chi connectivity index (χ4v) is 4.05. The van der Waals surface area contributed by atoms with Crippen LogP contribution in [0.3, 0.4) is 0 Å². The first-order valence-corrected chi connectivity index (χ1v) is 11.6. The average molecular weight is 455 g/mol. The molecule has 6 heteroatoms. The maximum atomic E-state index is 12.2. The van der Waals surface area contributed by atoms with Crippen molar-refractivity contribution in [2.45, 2.75) is 64.9 Å². The fraction of sp³-hybridized carbons (Fsp3) is 0.481. The highest BCUT2D eigenvalue weighted by Gasteiger charge is 2.27. The molecule has 178 valence electrons. The second-order valence-electron chi connectivity index (χ2n) is 8.95. The molecule has 0 aliphatic heterocycles. The van der Waals surface area contributed by atoms with Crippen LogP contribution in [0.1, 0.15) is 68.8 Å². The van der Waals surface area contributed by atoms with E-state index in [1.807, 2.05) is 44.2 Å². The van der Waals surface area contributed by atoms with Gasteiger partial charge in [0.2, 0.25) is 5.75 Å². The third-order valence-corrected chi connectivity index (χ3v) is 5.78. The molecular weight excluding hydrogens is 420 g/mol. The number of methoxy groups -OCH3 is 2. The smallest absolute Gasteiger partial charge is 0.306 e. The molecule has 1 aliphatic carbocycles. The monoisotopic (exact) mass is 454 g/mol. The van der Waals surface area contributed by atoms with Crippen LogP contribution in [0.25, 0.3) is 11.1 Å². The number of unbranched alkanes of at least 4 members (excludes halogenated alkanes) is 2. The van der Waals surface area contributed by atoms with Gasteiger partial charge in [0.25, 0.3) is 0 Å². The van der Waals surface area contributed by atoms with E-state index in [0.717, 1.165) is 47.9 Å². The molecule has 6 nitrogen and oxygen atoms in total. The van der Waals surface area contributed by atoms with Crippen LogP contribution in [0.4, 0.5) is 0 Å². The Morgan fingerprint density at radius 3 is 2.42 bits per heavy atom. The Hall–Kier alpha value is -3.02. The molecular formula is C27H34O6. The van der Waals surface area contributed by atoms with Gasteiger partial charge in [0.15, 0.2) is 17.3 Å². The Bertz CT molecular complexity index is 1010. The predicted octanol–water partition coefficient (Wildman–Crippen LogP) is 5.78. The van der Waals surface area contributed by atoms with E-state index in [2.05, 4.69) is 6.92 Å². The van der Waals surface area contributed by atoms with E-state index in [1.54, 1.807) is 14.2 Å². The number of hydrogen-bond donors (Lipinski definition) is 0. The highest BCUT2D eigenvalue weighted by molar-refractivity contribution is 6.01. The molecule has 0 atom stereocenters. The van der Waals surface area contributed by atoms with E-state index < -0.39 is 5.60 Å². The molecule has 0 N–H and O–H groups in total. The molecule has 33 heavy (non-hydrogen) atoms. The summed E-state index contributed by atoms with van der Waals surface area (Å²) in [5.41, 5.74) is 2.75. The number of ketones is 1. The van der Waals surface area contributed by atoms with Crippen LogP contribution in [0.2, 0.25) is 0 Å². The lowest BCUT2D eigenvalue weighted by Crippen LogP contribution is -2.35. The lowest BCUT2D eigenvalue weighted by atomic mass is 9.99. The Balaban J connectivity index is 1.87. The van der Waals surface area contributed by atoms with E-state index in [-0.39, 0.29) is 18.4 Å². The maximum Gasteiger partial charge on any atom is 0.306 e. The van der Waals surface area contributed by atoms with Crippen molar-refractivity contribution in [3.8, 4) is 28.4 Å².